The van der Waals surface area contributed by atoms with Crippen molar-refractivity contribution >= 4 is 11.6 Å². The number of nitrogens with one attached hydrogen (secondary N) is 2. The van der Waals surface area contributed by atoms with Crippen LogP contribution in [0, 0.1) is 6.92 Å². The molecule has 3 aromatic rings. The van der Waals surface area contributed by atoms with E-state index in [0.717, 1.165) is 29.2 Å². The van der Waals surface area contributed by atoms with E-state index in [1.807, 2.05) is 42.5 Å². The number of carbonyl (C=O) groups excluding carboxylic acids is 1. The predicted molar refractivity (Wildman–Crippen MR) is 106 cm³/mol. The first-order valence-corrected chi connectivity index (χ1v) is 9.20. The standard InChI is InChI=1S/C22H22N4O/c1-15-7-8-18-17(13-15)14-20(25-18)22(27)24-12-10-21-23-11-9-19(26-21)16-5-3-2-4-6-16/h2-9,11,13,20,25H,10,12,14H2,1H3,(H,24,27)/t20-/m1/s1. The van der Waals surface area contributed by atoms with Crippen LogP contribution in [0.2, 0.25) is 0 Å². The van der Waals surface area contributed by atoms with Crippen molar-refractivity contribution in [3.05, 3.63) is 77.7 Å². The van der Waals surface area contributed by atoms with Crippen molar-refractivity contribution in [2.45, 2.75) is 25.8 Å². The van der Waals surface area contributed by atoms with Gasteiger partial charge < -0.3 is 10.6 Å². The van der Waals surface area contributed by atoms with E-state index in [2.05, 4.69) is 39.7 Å². The van der Waals surface area contributed by atoms with Crippen LogP contribution in [0.4, 0.5) is 5.69 Å². The average Bonchev–Trinajstić information content (AvgIpc) is 3.12. The summed E-state index contributed by atoms with van der Waals surface area (Å²) in [6, 6.07) is 18.0. The molecule has 1 aromatic heterocycles. The summed E-state index contributed by atoms with van der Waals surface area (Å²) in [6.07, 6.45) is 3.10. The highest BCUT2D eigenvalue weighted by molar-refractivity contribution is 5.87. The molecule has 2 aromatic carbocycles. The Kier molecular flexibility index (Phi) is 4.83. The van der Waals surface area contributed by atoms with E-state index < -0.39 is 0 Å². The fourth-order valence-electron chi connectivity index (χ4n) is 3.36. The zero-order chi connectivity index (χ0) is 18.6. The van der Waals surface area contributed by atoms with Crippen LogP contribution in [0.3, 0.4) is 0 Å². The summed E-state index contributed by atoms with van der Waals surface area (Å²) < 4.78 is 0. The van der Waals surface area contributed by atoms with E-state index in [1.54, 1.807) is 6.20 Å². The number of hydrogen-bond donors (Lipinski definition) is 2. The number of carbonyl (C=O) groups is 1. The van der Waals surface area contributed by atoms with Crippen molar-refractivity contribution in [2.24, 2.45) is 0 Å². The second-order valence-corrected chi connectivity index (χ2v) is 6.83. The Labute approximate surface area is 158 Å². The maximum absolute atomic E-state index is 12.5. The van der Waals surface area contributed by atoms with Crippen LogP contribution in [0.15, 0.2) is 60.8 Å². The molecule has 0 saturated heterocycles. The van der Waals surface area contributed by atoms with Gasteiger partial charge in [-0.15, -0.1) is 0 Å². The normalized spacial score (nSPS) is 15.1. The van der Waals surface area contributed by atoms with Gasteiger partial charge in [0.15, 0.2) is 0 Å². The van der Waals surface area contributed by atoms with Crippen LogP contribution in [0.5, 0.6) is 0 Å². The first kappa shape index (κ1) is 17.2. The predicted octanol–water partition coefficient (Wildman–Crippen LogP) is 3.15. The van der Waals surface area contributed by atoms with Gasteiger partial charge in [0, 0.05) is 36.8 Å². The summed E-state index contributed by atoms with van der Waals surface area (Å²) in [5.41, 5.74) is 5.43. The Morgan fingerprint density at radius 1 is 1.19 bits per heavy atom. The molecule has 1 amide bonds. The SMILES string of the molecule is Cc1ccc2c(c1)C[C@H](C(=O)NCCc1nccc(-c3ccccc3)n1)N2. The van der Waals surface area contributed by atoms with Gasteiger partial charge in [0.1, 0.15) is 11.9 Å². The molecule has 27 heavy (non-hydrogen) atoms. The molecule has 1 atom stereocenters. The number of nitrogens with zero attached hydrogens (tertiary/aromatic N) is 2. The lowest BCUT2D eigenvalue weighted by atomic mass is 10.1. The van der Waals surface area contributed by atoms with Crippen LogP contribution < -0.4 is 10.6 Å². The lowest BCUT2D eigenvalue weighted by Gasteiger charge is -2.12. The zero-order valence-electron chi connectivity index (χ0n) is 15.3. The van der Waals surface area contributed by atoms with Crippen LogP contribution in [-0.4, -0.2) is 28.5 Å². The molecule has 1 aliphatic rings. The molecule has 136 valence electrons. The Hall–Kier alpha value is -3.21. The largest absolute Gasteiger partial charge is 0.373 e. The monoisotopic (exact) mass is 358 g/mol. The minimum atomic E-state index is -0.210. The highest BCUT2D eigenvalue weighted by atomic mass is 16.2. The first-order chi connectivity index (χ1) is 13.2. The molecular weight excluding hydrogens is 336 g/mol. The van der Waals surface area contributed by atoms with Gasteiger partial charge in [-0.1, -0.05) is 48.0 Å². The van der Waals surface area contributed by atoms with Crippen LogP contribution in [-0.2, 0) is 17.6 Å². The third-order valence-electron chi connectivity index (χ3n) is 4.75. The maximum atomic E-state index is 12.5. The quantitative estimate of drug-likeness (QED) is 0.735. The fourth-order valence-corrected chi connectivity index (χ4v) is 3.36. The number of aromatic nitrogens is 2. The van der Waals surface area contributed by atoms with Crippen molar-refractivity contribution in [1.29, 1.82) is 0 Å². The molecule has 5 nitrogen and oxygen atoms in total. The third-order valence-corrected chi connectivity index (χ3v) is 4.75. The van der Waals surface area contributed by atoms with E-state index in [9.17, 15) is 4.79 Å². The summed E-state index contributed by atoms with van der Waals surface area (Å²) in [5.74, 6) is 0.748. The van der Waals surface area contributed by atoms with E-state index in [4.69, 9.17) is 0 Å². The van der Waals surface area contributed by atoms with E-state index >= 15 is 0 Å². The number of anilines is 1. The number of fused-ring (bicyclic) bond motifs is 1. The molecule has 5 heteroatoms. The topological polar surface area (TPSA) is 66.9 Å². The molecule has 0 spiro atoms. The smallest absolute Gasteiger partial charge is 0.242 e. The molecule has 0 unspecified atom stereocenters. The minimum Gasteiger partial charge on any atom is -0.373 e. The lowest BCUT2D eigenvalue weighted by Crippen LogP contribution is -2.39. The van der Waals surface area contributed by atoms with Gasteiger partial charge in [-0.05, 0) is 24.6 Å². The maximum Gasteiger partial charge on any atom is 0.242 e. The average molecular weight is 358 g/mol. The van der Waals surface area contributed by atoms with Crippen LogP contribution in [0.1, 0.15) is 17.0 Å². The number of amides is 1. The van der Waals surface area contributed by atoms with Gasteiger partial charge in [0.05, 0.1) is 5.69 Å². The fraction of sp³-hybridized carbons (Fsp3) is 0.227. The van der Waals surface area contributed by atoms with E-state index in [1.165, 1.54) is 11.1 Å². The molecule has 2 N–H and O–H groups in total. The lowest BCUT2D eigenvalue weighted by molar-refractivity contribution is -0.121. The third kappa shape index (κ3) is 3.97. The van der Waals surface area contributed by atoms with Gasteiger partial charge in [-0.3, -0.25) is 4.79 Å². The number of aryl methyl sites for hydroxylation is 1. The van der Waals surface area contributed by atoms with Crippen molar-refractivity contribution in [3.63, 3.8) is 0 Å². The first-order valence-electron chi connectivity index (χ1n) is 9.20. The summed E-state index contributed by atoms with van der Waals surface area (Å²) in [5, 5.41) is 6.30. The van der Waals surface area contributed by atoms with Gasteiger partial charge in [-0.25, -0.2) is 9.97 Å². The second-order valence-electron chi connectivity index (χ2n) is 6.83. The van der Waals surface area contributed by atoms with Gasteiger partial charge in [0.25, 0.3) is 0 Å². The molecule has 0 radical (unpaired) electrons. The summed E-state index contributed by atoms with van der Waals surface area (Å²) >= 11 is 0. The number of rotatable bonds is 5. The van der Waals surface area contributed by atoms with Crippen molar-refractivity contribution in [3.8, 4) is 11.3 Å². The molecule has 0 saturated carbocycles. The molecule has 4 rings (SSSR count). The van der Waals surface area contributed by atoms with E-state index in [0.29, 0.717) is 13.0 Å². The van der Waals surface area contributed by atoms with Crippen molar-refractivity contribution < 1.29 is 4.79 Å². The number of hydrogen-bond acceptors (Lipinski definition) is 4. The van der Waals surface area contributed by atoms with Crippen LogP contribution in [0.25, 0.3) is 11.3 Å². The van der Waals surface area contributed by atoms with Crippen LogP contribution >= 0.6 is 0 Å². The molecule has 0 aliphatic carbocycles. The molecule has 0 fully saturated rings. The van der Waals surface area contributed by atoms with E-state index in [-0.39, 0.29) is 11.9 Å². The highest BCUT2D eigenvalue weighted by Crippen LogP contribution is 2.26. The molecule has 1 aliphatic heterocycles. The Morgan fingerprint density at radius 3 is 2.89 bits per heavy atom. The Bertz CT molecular complexity index is 956. The Morgan fingerprint density at radius 2 is 2.04 bits per heavy atom. The molecule has 0 bridgehead atoms. The zero-order valence-corrected chi connectivity index (χ0v) is 15.3. The molecule has 2 heterocycles. The second kappa shape index (κ2) is 7.58. The Balaban J connectivity index is 1.32. The van der Waals surface area contributed by atoms with Crippen molar-refractivity contribution in [2.75, 3.05) is 11.9 Å². The summed E-state index contributed by atoms with van der Waals surface area (Å²) in [7, 11) is 0. The number of benzene rings is 2. The van der Waals surface area contributed by atoms with Crippen molar-refractivity contribution in [1.82, 2.24) is 15.3 Å². The highest BCUT2D eigenvalue weighted by Gasteiger charge is 2.26. The summed E-state index contributed by atoms with van der Waals surface area (Å²) in [6.45, 7) is 2.59. The van der Waals surface area contributed by atoms with Gasteiger partial charge in [0.2, 0.25) is 5.91 Å². The van der Waals surface area contributed by atoms with Gasteiger partial charge in [-0.2, -0.15) is 0 Å². The minimum absolute atomic E-state index is 0.0167. The molecular formula is C22H22N4O. The summed E-state index contributed by atoms with van der Waals surface area (Å²) in [4.78, 5) is 21.4. The van der Waals surface area contributed by atoms with Gasteiger partial charge >= 0.3 is 0 Å².